The summed E-state index contributed by atoms with van der Waals surface area (Å²) in [5.41, 5.74) is -0.0824. The number of hydrogen-bond acceptors (Lipinski definition) is 5. The van der Waals surface area contributed by atoms with E-state index >= 15 is 0 Å². The smallest absolute Gasteiger partial charge is 0.416 e. The van der Waals surface area contributed by atoms with Crippen molar-refractivity contribution in [2.24, 2.45) is 0 Å². The molecule has 0 spiro atoms. The Morgan fingerprint density at radius 2 is 1.96 bits per heavy atom. The van der Waals surface area contributed by atoms with Crippen molar-refractivity contribution in [3.05, 3.63) is 60.0 Å². The second-order valence-electron chi connectivity index (χ2n) is 5.84. The number of halogens is 3. The number of nitrogens with one attached hydrogen (secondary N) is 1. The standard InChI is InChI=1S/C19H16F3N3O3/c1-27-15-8-3-2-7-14(15)23-16(26)9-10-17-24-18(25-28-17)12-5-4-6-13(11-12)19(20,21)22/h2-8,11H,9-10H2,1H3,(H,23,26). The molecule has 2 aromatic carbocycles. The van der Waals surface area contributed by atoms with Gasteiger partial charge in [-0.1, -0.05) is 29.4 Å². The highest BCUT2D eigenvalue weighted by atomic mass is 19.4. The van der Waals surface area contributed by atoms with Crippen LogP contribution in [0.15, 0.2) is 53.1 Å². The summed E-state index contributed by atoms with van der Waals surface area (Å²) < 4.78 is 48.6. The first-order valence-electron chi connectivity index (χ1n) is 8.30. The third-order valence-electron chi connectivity index (χ3n) is 3.86. The number of rotatable bonds is 6. The minimum absolute atomic E-state index is 0.0336. The highest BCUT2D eigenvalue weighted by molar-refractivity contribution is 5.92. The molecule has 6 nitrogen and oxygen atoms in total. The first-order chi connectivity index (χ1) is 13.4. The third kappa shape index (κ3) is 4.67. The van der Waals surface area contributed by atoms with E-state index in [9.17, 15) is 18.0 Å². The van der Waals surface area contributed by atoms with Gasteiger partial charge in [0.2, 0.25) is 17.6 Å². The number of alkyl halides is 3. The fourth-order valence-corrected chi connectivity index (χ4v) is 2.49. The summed E-state index contributed by atoms with van der Waals surface area (Å²) in [5, 5.41) is 6.41. The predicted octanol–water partition coefficient (Wildman–Crippen LogP) is 4.34. The Hall–Kier alpha value is -3.36. The van der Waals surface area contributed by atoms with Crippen molar-refractivity contribution in [2.45, 2.75) is 19.0 Å². The molecule has 9 heteroatoms. The van der Waals surface area contributed by atoms with Crippen molar-refractivity contribution in [3.8, 4) is 17.1 Å². The highest BCUT2D eigenvalue weighted by Crippen LogP contribution is 2.31. The number of nitrogens with zero attached hydrogens (tertiary/aromatic N) is 2. The summed E-state index contributed by atoms with van der Waals surface area (Å²) in [5.74, 6) is 0.428. The monoisotopic (exact) mass is 391 g/mol. The molecule has 0 aliphatic carbocycles. The van der Waals surface area contributed by atoms with Crippen LogP contribution in [0, 0.1) is 0 Å². The molecule has 0 aliphatic rings. The van der Waals surface area contributed by atoms with Crippen molar-refractivity contribution < 1.29 is 27.2 Å². The molecule has 0 saturated carbocycles. The van der Waals surface area contributed by atoms with Crippen LogP contribution < -0.4 is 10.1 Å². The first-order valence-corrected chi connectivity index (χ1v) is 8.30. The average molecular weight is 391 g/mol. The molecule has 0 bridgehead atoms. The van der Waals surface area contributed by atoms with Crippen LogP contribution in [0.25, 0.3) is 11.4 Å². The average Bonchev–Trinajstić information content (AvgIpc) is 3.15. The zero-order chi connectivity index (χ0) is 20.1. The molecule has 0 atom stereocenters. The minimum atomic E-state index is -4.46. The molecular formula is C19H16F3N3O3. The van der Waals surface area contributed by atoms with E-state index < -0.39 is 11.7 Å². The molecule has 0 aliphatic heterocycles. The molecule has 146 valence electrons. The second-order valence-corrected chi connectivity index (χ2v) is 5.84. The predicted molar refractivity (Wildman–Crippen MR) is 94.7 cm³/mol. The summed E-state index contributed by atoms with van der Waals surface area (Å²) in [6.07, 6.45) is -4.26. The molecule has 1 N–H and O–H groups in total. The maximum atomic E-state index is 12.8. The van der Waals surface area contributed by atoms with Crippen LogP contribution >= 0.6 is 0 Å². The van der Waals surface area contributed by atoms with E-state index in [4.69, 9.17) is 9.26 Å². The number of aryl methyl sites for hydroxylation is 1. The maximum Gasteiger partial charge on any atom is 0.416 e. The van der Waals surface area contributed by atoms with E-state index in [1.807, 2.05) is 0 Å². The van der Waals surface area contributed by atoms with Gasteiger partial charge in [0.1, 0.15) is 5.75 Å². The molecule has 3 rings (SSSR count). The SMILES string of the molecule is COc1ccccc1NC(=O)CCc1nc(-c2cccc(C(F)(F)F)c2)no1. The van der Waals surface area contributed by atoms with Crippen molar-refractivity contribution in [2.75, 3.05) is 12.4 Å². The number of methoxy groups -OCH3 is 1. The van der Waals surface area contributed by atoms with Crippen LogP contribution in [0.2, 0.25) is 0 Å². The topological polar surface area (TPSA) is 77.2 Å². The van der Waals surface area contributed by atoms with E-state index in [1.165, 1.54) is 19.2 Å². The Morgan fingerprint density at radius 1 is 1.18 bits per heavy atom. The van der Waals surface area contributed by atoms with Crippen LogP contribution in [0.3, 0.4) is 0 Å². The number of benzene rings is 2. The molecule has 28 heavy (non-hydrogen) atoms. The summed E-state index contributed by atoms with van der Waals surface area (Å²) in [4.78, 5) is 16.2. The zero-order valence-electron chi connectivity index (χ0n) is 14.8. The lowest BCUT2D eigenvalue weighted by molar-refractivity contribution is -0.137. The Balaban J connectivity index is 1.63. The van der Waals surface area contributed by atoms with Crippen LogP contribution in [0.5, 0.6) is 5.75 Å². The normalized spacial score (nSPS) is 11.3. The lowest BCUT2D eigenvalue weighted by Crippen LogP contribution is -2.13. The lowest BCUT2D eigenvalue weighted by Gasteiger charge is -2.09. The Labute approximate surface area is 158 Å². The number of para-hydroxylation sites is 2. The van der Waals surface area contributed by atoms with E-state index in [1.54, 1.807) is 24.3 Å². The molecular weight excluding hydrogens is 375 g/mol. The van der Waals surface area contributed by atoms with Gasteiger partial charge in [0.25, 0.3) is 0 Å². The van der Waals surface area contributed by atoms with Crippen molar-refractivity contribution in [1.29, 1.82) is 0 Å². The fourth-order valence-electron chi connectivity index (χ4n) is 2.49. The highest BCUT2D eigenvalue weighted by Gasteiger charge is 2.30. The van der Waals surface area contributed by atoms with Gasteiger partial charge in [-0.25, -0.2) is 0 Å². The Bertz CT molecular complexity index is 970. The lowest BCUT2D eigenvalue weighted by atomic mass is 10.1. The molecule has 1 heterocycles. The summed E-state index contributed by atoms with van der Waals surface area (Å²) in [7, 11) is 1.50. The third-order valence-corrected chi connectivity index (χ3v) is 3.86. The van der Waals surface area contributed by atoms with Crippen molar-refractivity contribution in [1.82, 2.24) is 10.1 Å². The largest absolute Gasteiger partial charge is 0.495 e. The molecule has 1 amide bonds. The Morgan fingerprint density at radius 3 is 2.71 bits per heavy atom. The molecule has 0 radical (unpaired) electrons. The van der Waals surface area contributed by atoms with E-state index in [0.29, 0.717) is 11.4 Å². The van der Waals surface area contributed by atoms with Gasteiger partial charge in [0, 0.05) is 18.4 Å². The van der Waals surface area contributed by atoms with Gasteiger partial charge in [-0.05, 0) is 24.3 Å². The summed E-state index contributed by atoms with van der Waals surface area (Å²) in [6.45, 7) is 0. The minimum Gasteiger partial charge on any atom is -0.495 e. The number of carbonyl (C=O) groups excluding carboxylic acids is 1. The van der Waals surface area contributed by atoms with Crippen LogP contribution in [0.4, 0.5) is 18.9 Å². The van der Waals surface area contributed by atoms with Crippen molar-refractivity contribution >= 4 is 11.6 Å². The molecule has 3 aromatic rings. The quantitative estimate of drug-likeness (QED) is 0.677. The van der Waals surface area contributed by atoms with Gasteiger partial charge in [0.15, 0.2) is 0 Å². The van der Waals surface area contributed by atoms with Crippen molar-refractivity contribution in [3.63, 3.8) is 0 Å². The number of amides is 1. The van der Waals surface area contributed by atoms with Gasteiger partial charge in [-0.3, -0.25) is 4.79 Å². The van der Waals surface area contributed by atoms with Gasteiger partial charge >= 0.3 is 6.18 Å². The van der Waals surface area contributed by atoms with Crippen LogP contribution in [-0.2, 0) is 17.4 Å². The van der Waals surface area contributed by atoms with Crippen LogP contribution in [0.1, 0.15) is 17.9 Å². The molecule has 0 saturated heterocycles. The number of carbonyl (C=O) groups is 1. The van der Waals surface area contributed by atoms with Gasteiger partial charge in [0.05, 0.1) is 18.4 Å². The van der Waals surface area contributed by atoms with Gasteiger partial charge in [-0.15, -0.1) is 0 Å². The van der Waals surface area contributed by atoms with Gasteiger partial charge < -0.3 is 14.6 Å². The number of anilines is 1. The van der Waals surface area contributed by atoms with E-state index in [2.05, 4.69) is 15.5 Å². The van der Waals surface area contributed by atoms with E-state index in [0.717, 1.165) is 12.1 Å². The first kappa shape index (κ1) is 19.4. The molecule has 0 fully saturated rings. The number of hydrogen-bond donors (Lipinski definition) is 1. The second kappa shape index (κ2) is 8.12. The molecule has 1 aromatic heterocycles. The maximum absolute atomic E-state index is 12.8. The summed E-state index contributed by atoms with van der Waals surface area (Å²) in [6, 6.07) is 11.6. The number of aromatic nitrogens is 2. The number of ether oxygens (including phenoxy) is 1. The fraction of sp³-hybridized carbons (Fsp3) is 0.211. The van der Waals surface area contributed by atoms with Crippen LogP contribution in [-0.4, -0.2) is 23.2 Å². The van der Waals surface area contributed by atoms with Gasteiger partial charge in [-0.2, -0.15) is 18.2 Å². The van der Waals surface area contributed by atoms with E-state index in [-0.39, 0.29) is 36.0 Å². The zero-order valence-corrected chi connectivity index (χ0v) is 14.8. The summed E-state index contributed by atoms with van der Waals surface area (Å²) >= 11 is 0. The Kier molecular flexibility index (Phi) is 5.62. The molecule has 0 unspecified atom stereocenters.